The van der Waals surface area contributed by atoms with E-state index in [2.05, 4.69) is 15.0 Å². The first-order chi connectivity index (χ1) is 7.75. The summed E-state index contributed by atoms with van der Waals surface area (Å²) in [4.78, 5) is 13.5. The van der Waals surface area contributed by atoms with Gasteiger partial charge in [0.2, 0.25) is 5.28 Å². The number of thiophene rings is 1. The van der Waals surface area contributed by atoms with Crippen molar-refractivity contribution in [2.24, 2.45) is 0 Å². The van der Waals surface area contributed by atoms with E-state index in [9.17, 15) is 0 Å². The van der Waals surface area contributed by atoms with Crippen LogP contribution in [0.15, 0.2) is 23.8 Å². The number of hydrogen-bond acceptors (Lipinski definition) is 4. The molecule has 0 radical (unpaired) electrons. The highest BCUT2D eigenvalue weighted by atomic mass is 35.5. The summed E-state index contributed by atoms with van der Waals surface area (Å²) in [6.07, 6.45) is 3.61. The fraction of sp³-hybridized carbons (Fsp3) is 0.100. The molecular formula is C10H7ClN4S. The zero-order valence-corrected chi connectivity index (χ0v) is 9.96. The summed E-state index contributed by atoms with van der Waals surface area (Å²) in [5, 5.41) is 3.24. The minimum absolute atomic E-state index is 0.262. The van der Waals surface area contributed by atoms with Crippen LogP contribution < -0.4 is 0 Å². The van der Waals surface area contributed by atoms with Crippen LogP contribution in [0.2, 0.25) is 5.28 Å². The van der Waals surface area contributed by atoms with Crippen LogP contribution in [0.4, 0.5) is 0 Å². The van der Waals surface area contributed by atoms with Gasteiger partial charge >= 0.3 is 0 Å². The predicted molar refractivity (Wildman–Crippen MR) is 64.3 cm³/mol. The third-order valence-corrected chi connectivity index (χ3v) is 3.31. The Balaban J connectivity index is 2.38. The lowest BCUT2D eigenvalue weighted by Crippen LogP contribution is -2.00. The Morgan fingerprint density at radius 3 is 3.00 bits per heavy atom. The normalized spacial score (nSPS) is 11.1. The van der Waals surface area contributed by atoms with Crippen molar-refractivity contribution >= 4 is 33.2 Å². The first-order valence-corrected chi connectivity index (χ1v) is 5.92. The predicted octanol–water partition coefficient (Wildman–Crippen LogP) is 2.84. The molecule has 0 saturated heterocycles. The molecule has 0 atom stereocenters. The standard InChI is InChI=1S/C10H7ClN4S/c1-6-12-3-4-15(6)8-7-2-5-16-9(7)14-10(11)13-8/h2-5H,1H3. The molecule has 4 nitrogen and oxygen atoms in total. The number of imidazole rings is 1. The fourth-order valence-electron chi connectivity index (χ4n) is 1.60. The van der Waals surface area contributed by atoms with Gasteiger partial charge in [0.15, 0.2) is 5.82 Å². The summed E-state index contributed by atoms with van der Waals surface area (Å²) >= 11 is 7.45. The maximum atomic E-state index is 5.90. The van der Waals surface area contributed by atoms with Gasteiger partial charge < -0.3 is 0 Å². The molecule has 0 aliphatic rings. The number of rotatable bonds is 1. The van der Waals surface area contributed by atoms with Crippen LogP contribution in [0, 0.1) is 6.92 Å². The number of halogens is 1. The first-order valence-electron chi connectivity index (χ1n) is 4.67. The molecule has 0 fully saturated rings. The second-order valence-corrected chi connectivity index (χ2v) is 4.53. The number of aromatic nitrogens is 4. The largest absolute Gasteiger partial charge is 0.287 e. The molecule has 3 aromatic heterocycles. The average Bonchev–Trinajstić information content (AvgIpc) is 2.84. The molecular weight excluding hydrogens is 244 g/mol. The smallest absolute Gasteiger partial charge is 0.225 e. The van der Waals surface area contributed by atoms with Gasteiger partial charge in [-0.2, -0.15) is 4.98 Å². The molecule has 0 saturated carbocycles. The molecule has 0 amide bonds. The lowest BCUT2D eigenvalue weighted by Gasteiger charge is -2.05. The minimum atomic E-state index is 0.262. The molecule has 0 aliphatic carbocycles. The van der Waals surface area contributed by atoms with Gasteiger partial charge in [0.1, 0.15) is 10.7 Å². The summed E-state index contributed by atoms with van der Waals surface area (Å²) < 4.78 is 1.91. The SMILES string of the molecule is Cc1nccn1-c1nc(Cl)nc2sccc12. The van der Waals surface area contributed by atoms with Crippen molar-refractivity contribution in [2.75, 3.05) is 0 Å². The lowest BCUT2D eigenvalue weighted by atomic mass is 10.4. The molecule has 3 rings (SSSR count). The lowest BCUT2D eigenvalue weighted by molar-refractivity contribution is 0.936. The summed E-state index contributed by atoms with van der Waals surface area (Å²) in [6.45, 7) is 1.92. The Kier molecular flexibility index (Phi) is 2.15. The van der Waals surface area contributed by atoms with Crippen LogP contribution in [0.25, 0.3) is 16.0 Å². The highest BCUT2D eigenvalue weighted by Gasteiger charge is 2.10. The van der Waals surface area contributed by atoms with Crippen molar-refractivity contribution in [2.45, 2.75) is 6.92 Å². The highest BCUT2D eigenvalue weighted by molar-refractivity contribution is 7.16. The van der Waals surface area contributed by atoms with Gasteiger partial charge in [0.05, 0.1) is 5.39 Å². The van der Waals surface area contributed by atoms with Crippen molar-refractivity contribution in [3.63, 3.8) is 0 Å². The van der Waals surface area contributed by atoms with E-state index < -0.39 is 0 Å². The van der Waals surface area contributed by atoms with Crippen molar-refractivity contribution in [1.82, 2.24) is 19.5 Å². The fourth-order valence-corrected chi connectivity index (χ4v) is 2.57. The maximum Gasteiger partial charge on any atom is 0.225 e. The number of aryl methyl sites for hydroxylation is 1. The average molecular weight is 251 g/mol. The van der Waals surface area contributed by atoms with E-state index in [1.54, 1.807) is 17.5 Å². The van der Waals surface area contributed by atoms with E-state index in [0.717, 1.165) is 21.9 Å². The molecule has 0 unspecified atom stereocenters. The molecule has 3 aromatic rings. The highest BCUT2D eigenvalue weighted by Crippen LogP contribution is 2.25. The van der Waals surface area contributed by atoms with Crippen LogP contribution in [0.5, 0.6) is 0 Å². The third-order valence-electron chi connectivity index (χ3n) is 2.33. The van der Waals surface area contributed by atoms with Crippen molar-refractivity contribution in [1.29, 1.82) is 0 Å². The van der Waals surface area contributed by atoms with Crippen molar-refractivity contribution in [3.05, 3.63) is 34.9 Å². The van der Waals surface area contributed by atoms with E-state index in [1.165, 1.54) is 0 Å². The Hall–Kier alpha value is -1.46. The van der Waals surface area contributed by atoms with Crippen LogP contribution in [0.1, 0.15) is 5.82 Å². The zero-order chi connectivity index (χ0) is 11.1. The van der Waals surface area contributed by atoms with E-state index in [1.807, 2.05) is 29.1 Å². The number of nitrogens with zero attached hydrogens (tertiary/aromatic N) is 4. The van der Waals surface area contributed by atoms with E-state index in [0.29, 0.717) is 0 Å². The zero-order valence-electron chi connectivity index (χ0n) is 8.38. The molecule has 0 aliphatic heterocycles. The Morgan fingerprint density at radius 1 is 1.38 bits per heavy atom. The Morgan fingerprint density at radius 2 is 2.25 bits per heavy atom. The molecule has 80 valence electrons. The van der Waals surface area contributed by atoms with Gasteiger partial charge in [0.25, 0.3) is 0 Å². The van der Waals surface area contributed by atoms with Crippen molar-refractivity contribution in [3.8, 4) is 5.82 Å². The van der Waals surface area contributed by atoms with E-state index in [4.69, 9.17) is 11.6 Å². The summed E-state index contributed by atoms with van der Waals surface area (Å²) in [6, 6.07) is 1.99. The summed E-state index contributed by atoms with van der Waals surface area (Å²) in [7, 11) is 0. The number of hydrogen-bond donors (Lipinski definition) is 0. The van der Waals surface area contributed by atoms with Crippen molar-refractivity contribution < 1.29 is 0 Å². The summed E-state index contributed by atoms with van der Waals surface area (Å²) in [5.74, 6) is 1.66. The van der Waals surface area contributed by atoms with Gasteiger partial charge in [0, 0.05) is 12.4 Å². The van der Waals surface area contributed by atoms with E-state index in [-0.39, 0.29) is 5.28 Å². The number of fused-ring (bicyclic) bond motifs is 1. The molecule has 16 heavy (non-hydrogen) atoms. The van der Waals surface area contributed by atoms with Gasteiger partial charge in [-0.15, -0.1) is 11.3 Å². The second-order valence-electron chi connectivity index (χ2n) is 3.30. The molecule has 0 spiro atoms. The first kappa shape index (κ1) is 9.74. The maximum absolute atomic E-state index is 5.90. The molecule has 6 heteroatoms. The van der Waals surface area contributed by atoms with Crippen LogP contribution in [-0.2, 0) is 0 Å². The Bertz CT molecular complexity index is 658. The molecule has 0 bridgehead atoms. The Labute approximate surface area is 101 Å². The third kappa shape index (κ3) is 1.40. The van der Waals surface area contributed by atoms with Gasteiger partial charge in [-0.1, -0.05) is 0 Å². The minimum Gasteiger partial charge on any atom is -0.287 e. The molecule has 3 heterocycles. The van der Waals surface area contributed by atoms with Gasteiger partial charge in [-0.3, -0.25) is 4.57 Å². The topological polar surface area (TPSA) is 43.6 Å². The van der Waals surface area contributed by atoms with Crippen LogP contribution >= 0.6 is 22.9 Å². The monoisotopic (exact) mass is 250 g/mol. The van der Waals surface area contributed by atoms with Crippen LogP contribution in [0.3, 0.4) is 0 Å². The van der Waals surface area contributed by atoms with Crippen LogP contribution in [-0.4, -0.2) is 19.5 Å². The quantitative estimate of drug-likeness (QED) is 0.624. The molecule has 0 aromatic carbocycles. The second kappa shape index (κ2) is 3.54. The van der Waals surface area contributed by atoms with Gasteiger partial charge in [-0.05, 0) is 30.0 Å². The summed E-state index contributed by atoms with van der Waals surface area (Å²) in [5.41, 5.74) is 0. The van der Waals surface area contributed by atoms with Gasteiger partial charge in [-0.25, -0.2) is 9.97 Å². The molecule has 0 N–H and O–H groups in total. The van der Waals surface area contributed by atoms with E-state index >= 15 is 0 Å².